The monoisotopic (exact) mass is 387 g/mol. The number of nitrogens with zero attached hydrogens (tertiary/aromatic N) is 2. The summed E-state index contributed by atoms with van der Waals surface area (Å²) in [4.78, 5) is 19.1. The Morgan fingerprint density at radius 3 is 2.64 bits per heavy atom. The fourth-order valence-corrected chi connectivity index (χ4v) is 3.88. The number of fused-ring (bicyclic) bond motifs is 1. The van der Waals surface area contributed by atoms with Crippen molar-refractivity contribution in [1.29, 1.82) is 0 Å². The van der Waals surface area contributed by atoms with Gasteiger partial charge in [0.1, 0.15) is 0 Å². The van der Waals surface area contributed by atoms with Crippen LogP contribution < -0.4 is 5.32 Å². The molecule has 0 saturated carbocycles. The maximum absolute atomic E-state index is 13.0. The van der Waals surface area contributed by atoms with E-state index in [0.717, 1.165) is 16.8 Å². The van der Waals surface area contributed by atoms with Crippen molar-refractivity contribution in [3.63, 3.8) is 0 Å². The summed E-state index contributed by atoms with van der Waals surface area (Å²) in [6, 6.07) is 22.1. The molecule has 0 bridgehead atoms. The van der Waals surface area contributed by atoms with Gasteiger partial charge in [0.25, 0.3) is 0 Å². The first-order chi connectivity index (χ1) is 13.8. The van der Waals surface area contributed by atoms with E-state index in [2.05, 4.69) is 39.9 Å². The zero-order chi connectivity index (χ0) is 19.2. The summed E-state index contributed by atoms with van der Waals surface area (Å²) in [5.41, 5.74) is 3.11. The van der Waals surface area contributed by atoms with Crippen LogP contribution in [0, 0.1) is 0 Å². The van der Waals surface area contributed by atoms with Gasteiger partial charge < -0.3 is 10.2 Å². The van der Waals surface area contributed by atoms with Crippen molar-refractivity contribution in [1.82, 2.24) is 15.2 Å². The molecule has 0 atom stereocenters. The van der Waals surface area contributed by atoms with Crippen molar-refractivity contribution in [3.8, 4) is 0 Å². The number of urea groups is 1. The van der Waals surface area contributed by atoms with Gasteiger partial charge in [-0.2, -0.15) is 11.3 Å². The van der Waals surface area contributed by atoms with E-state index in [4.69, 9.17) is 0 Å². The minimum atomic E-state index is -0.0928. The van der Waals surface area contributed by atoms with Crippen LogP contribution in [0.5, 0.6) is 0 Å². The second-order valence-electron chi connectivity index (χ2n) is 6.61. The molecule has 0 aliphatic rings. The average Bonchev–Trinajstić information content (AvgIpc) is 3.25. The van der Waals surface area contributed by atoms with Crippen LogP contribution in [0.2, 0.25) is 0 Å². The van der Waals surface area contributed by atoms with Crippen LogP contribution >= 0.6 is 11.3 Å². The van der Waals surface area contributed by atoms with E-state index in [0.29, 0.717) is 19.6 Å². The molecule has 0 saturated heterocycles. The van der Waals surface area contributed by atoms with Gasteiger partial charge in [-0.3, -0.25) is 4.98 Å². The lowest BCUT2D eigenvalue weighted by Gasteiger charge is -2.23. The highest BCUT2D eigenvalue weighted by atomic mass is 32.1. The Morgan fingerprint density at radius 1 is 0.964 bits per heavy atom. The number of nitrogens with one attached hydrogen (secondary N) is 1. The first-order valence-electron chi connectivity index (χ1n) is 9.20. The van der Waals surface area contributed by atoms with E-state index in [1.54, 1.807) is 22.4 Å². The van der Waals surface area contributed by atoms with E-state index in [-0.39, 0.29) is 6.03 Å². The largest absolute Gasteiger partial charge is 0.334 e. The third-order valence-corrected chi connectivity index (χ3v) is 5.36. The second kappa shape index (κ2) is 8.67. The van der Waals surface area contributed by atoms with E-state index in [1.807, 2.05) is 47.8 Å². The van der Waals surface area contributed by atoms with Gasteiger partial charge >= 0.3 is 6.03 Å². The zero-order valence-corrected chi connectivity index (χ0v) is 16.2. The molecule has 0 radical (unpaired) electrons. The number of carbonyl (C=O) groups is 1. The topological polar surface area (TPSA) is 45.2 Å². The third kappa shape index (κ3) is 4.38. The number of hydrogen-bond donors (Lipinski definition) is 1. The number of carbonyl (C=O) groups excluding carboxylic acids is 1. The smallest absolute Gasteiger partial charge is 0.318 e. The summed E-state index contributed by atoms with van der Waals surface area (Å²) in [6.07, 6.45) is 1.76. The van der Waals surface area contributed by atoms with E-state index in [9.17, 15) is 4.79 Å². The minimum Gasteiger partial charge on any atom is -0.334 e. The van der Waals surface area contributed by atoms with Crippen LogP contribution in [0.25, 0.3) is 10.8 Å². The molecule has 0 spiro atoms. The van der Waals surface area contributed by atoms with Gasteiger partial charge in [0.15, 0.2) is 0 Å². The van der Waals surface area contributed by atoms with Crippen molar-refractivity contribution >= 4 is 28.1 Å². The van der Waals surface area contributed by atoms with Gasteiger partial charge in [-0.15, -0.1) is 0 Å². The molecular weight excluding hydrogens is 366 g/mol. The molecule has 0 aliphatic heterocycles. The van der Waals surface area contributed by atoms with Crippen molar-refractivity contribution < 1.29 is 4.79 Å². The standard InChI is InChI=1S/C23H21N3OS/c27-23(25-14-20-8-5-7-19-6-1-2-10-22(19)20)26(15-18-11-13-28-17-18)16-21-9-3-4-12-24-21/h1-13,17H,14-16H2,(H,25,27). The van der Waals surface area contributed by atoms with Gasteiger partial charge in [0.2, 0.25) is 0 Å². The molecule has 4 rings (SSSR count). The van der Waals surface area contributed by atoms with Crippen LogP contribution in [0.4, 0.5) is 4.79 Å². The van der Waals surface area contributed by atoms with Crippen LogP contribution in [-0.2, 0) is 19.6 Å². The van der Waals surface area contributed by atoms with E-state index >= 15 is 0 Å². The molecule has 2 heterocycles. The van der Waals surface area contributed by atoms with Crippen LogP contribution in [0.1, 0.15) is 16.8 Å². The summed E-state index contributed by atoms with van der Waals surface area (Å²) in [5.74, 6) is 0. The number of benzene rings is 2. The Morgan fingerprint density at radius 2 is 1.82 bits per heavy atom. The number of aromatic nitrogens is 1. The summed E-state index contributed by atoms with van der Waals surface area (Å²) < 4.78 is 0. The summed E-state index contributed by atoms with van der Waals surface area (Å²) in [7, 11) is 0. The number of thiophene rings is 1. The van der Waals surface area contributed by atoms with E-state index in [1.165, 1.54) is 10.8 Å². The molecule has 2 aromatic carbocycles. The maximum atomic E-state index is 13.0. The molecular formula is C23H21N3OS. The van der Waals surface area contributed by atoms with Crippen LogP contribution in [-0.4, -0.2) is 15.9 Å². The molecule has 2 aromatic heterocycles. The lowest BCUT2D eigenvalue weighted by atomic mass is 10.0. The van der Waals surface area contributed by atoms with Crippen LogP contribution in [0.3, 0.4) is 0 Å². The highest BCUT2D eigenvalue weighted by Crippen LogP contribution is 2.18. The third-order valence-electron chi connectivity index (χ3n) is 4.63. The Hall–Kier alpha value is -3.18. The summed E-state index contributed by atoms with van der Waals surface area (Å²) >= 11 is 1.64. The maximum Gasteiger partial charge on any atom is 0.318 e. The Balaban J connectivity index is 1.49. The van der Waals surface area contributed by atoms with Crippen molar-refractivity contribution in [2.75, 3.05) is 0 Å². The van der Waals surface area contributed by atoms with Crippen molar-refractivity contribution in [3.05, 3.63) is 101 Å². The van der Waals surface area contributed by atoms with Gasteiger partial charge in [0.05, 0.1) is 12.2 Å². The Kier molecular flexibility index (Phi) is 5.64. The summed E-state index contributed by atoms with van der Waals surface area (Å²) in [6.45, 7) is 1.52. The fraction of sp³-hybridized carbons (Fsp3) is 0.130. The second-order valence-corrected chi connectivity index (χ2v) is 7.39. The van der Waals surface area contributed by atoms with Crippen molar-refractivity contribution in [2.45, 2.75) is 19.6 Å². The Bertz CT molecular complexity index is 1040. The molecule has 2 amide bonds. The molecule has 1 N–H and O–H groups in total. The molecule has 0 fully saturated rings. The average molecular weight is 388 g/mol. The lowest BCUT2D eigenvalue weighted by Crippen LogP contribution is -2.38. The highest BCUT2D eigenvalue weighted by molar-refractivity contribution is 7.07. The van der Waals surface area contributed by atoms with E-state index < -0.39 is 0 Å². The predicted octanol–water partition coefficient (Wildman–Crippen LogP) is 5.21. The predicted molar refractivity (Wildman–Crippen MR) is 114 cm³/mol. The molecule has 4 aromatic rings. The van der Waals surface area contributed by atoms with Crippen LogP contribution in [0.15, 0.2) is 83.7 Å². The molecule has 4 nitrogen and oxygen atoms in total. The number of amides is 2. The molecule has 140 valence electrons. The Labute approximate surface area is 168 Å². The SMILES string of the molecule is O=C(NCc1cccc2ccccc12)N(Cc1ccsc1)Cc1ccccn1. The van der Waals surface area contributed by atoms with Gasteiger partial charge in [0, 0.05) is 19.3 Å². The van der Waals surface area contributed by atoms with Gasteiger partial charge in [-0.1, -0.05) is 48.5 Å². The number of rotatable bonds is 6. The lowest BCUT2D eigenvalue weighted by molar-refractivity contribution is 0.191. The quantitative estimate of drug-likeness (QED) is 0.494. The zero-order valence-electron chi connectivity index (χ0n) is 15.4. The summed E-state index contributed by atoms with van der Waals surface area (Å²) in [5, 5.41) is 9.53. The van der Waals surface area contributed by atoms with Gasteiger partial charge in [-0.25, -0.2) is 4.79 Å². The normalized spacial score (nSPS) is 10.7. The van der Waals surface area contributed by atoms with Gasteiger partial charge in [-0.05, 0) is 50.9 Å². The molecule has 5 heteroatoms. The molecule has 0 aliphatic carbocycles. The highest BCUT2D eigenvalue weighted by Gasteiger charge is 2.15. The number of pyridine rings is 1. The minimum absolute atomic E-state index is 0.0928. The first-order valence-corrected chi connectivity index (χ1v) is 10.1. The van der Waals surface area contributed by atoms with Crippen molar-refractivity contribution in [2.24, 2.45) is 0 Å². The first kappa shape index (κ1) is 18.2. The molecule has 0 unspecified atom stereocenters. The number of hydrogen-bond acceptors (Lipinski definition) is 3. The fourth-order valence-electron chi connectivity index (χ4n) is 3.22. The molecule has 28 heavy (non-hydrogen) atoms.